The van der Waals surface area contributed by atoms with Gasteiger partial charge in [-0.05, 0) is 12.8 Å². The van der Waals surface area contributed by atoms with Gasteiger partial charge in [0, 0.05) is 0 Å². The zero-order valence-electron chi connectivity index (χ0n) is 5.39. The summed E-state index contributed by atoms with van der Waals surface area (Å²) in [4.78, 5) is 0. The molecule has 0 aromatic heterocycles. The maximum atomic E-state index is 5.28. The first-order valence-electron chi connectivity index (χ1n) is 3.12. The lowest BCUT2D eigenvalue weighted by Gasteiger charge is -2.00. The molecule has 2 rings (SSSR count). The standard InChI is InChI=1S/C6H10O/c1-2-4-6-5(3-1)7-6/h5-6H,1-4H2/p+1. The number of ether oxygens (including phenoxy) is 1. The minimum absolute atomic E-state index is 0. The third-order valence-electron chi connectivity index (χ3n) is 1.91. The van der Waals surface area contributed by atoms with Crippen LogP contribution in [-0.2, 0) is 4.74 Å². The monoisotopic (exact) mass is 99.1 g/mol. The van der Waals surface area contributed by atoms with Crippen molar-refractivity contribution in [2.75, 3.05) is 0 Å². The molecule has 0 N–H and O–H groups in total. The van der Waals surface area contributed by atoms with Crippen molar-refractivity contribution >= 4 is 0 Å². The van der Waals surface area contributed by atoms with Gasteiger partial charge in [-0.15, -0.1) is 0 Å². The van der Waals surface area contributed by atoms with Gasteiger partial charge in [0.1, 0.15) is 0 Å². The van der Waals surface area contributed by atoms with E-state index in [2.05, 4.69) is 0 Å². The fourth-order valence-electron chi connectivity index (χ4n) is 1.38. The molecule has 1 saturated carbocycles. The third-order valence-corrected chi connectivity index (χ3v) is 1.91. The first-order chi connectivity index (χ1) is 3.47. The van der Waals surface area contributed by atoms with Gasteiger partial charge >= 0.3 is 1.43 Å². The van der Waals surface area contributed by atoms with Crippen molar-refractivity contribution in [3.63, 3.8) is 0 Å². The molecule has 0 bridgehead atoms. The second-order valence-electron chi connectivity index (χ2n) is 2.50. The first-order valence-corrected chi connectivity index (χ1v) is 3.12. The summed E-state index contributed by atoms with van der Waals surface area (Å²) < 4.78 is 5.28. The largest absolute Gasteiger partial charge is 1.00 e. The molecule has 0 aromatic rings. The lowest BCUT2D eigenvalue weighted by molar-refractivity contribution is 0.373. The fraction of sp³-hybridized carbons (Fsp3) is 1.00. The Hall–Kier alpha value is -0.0400. The molecule has 2 atom stereocenters. The SMILES string of the molecule is C1CCC2OC2C1.[H+]. The molecule has 0 spiro atoms. The van der Waals surface area contributed by atoms with Gasteiger partial charge in [0.25, 0.3) is 0 Å². The van der Waals surface area contributed by atoms with E-state index in [0.29, 0.717) is 12.2 Å². The highest BCUT2D eigenvalue weighted by Crippen LogP contribution is 2.35. The Morgan fingerprint density at radius 1 is 1.14 bits per heavy atom. The normalized spacial score (nSPS) is 48.0. The molecule has 1 saturated heterocycles. The smallest absolute Gasteiger partial charge is 0.370 e. The molecule has 7 heavy (non-hydrogen) atoms. The van der Waals surface area contributed by atoms with Crippen LogP contribution in [0.1, 0.15) is 27.1 Å². The van der Waals surface area contributed by atoms with Crippen molar-refractivity contribution in [3.05, 3.63) is 0 Å². The third kappa shape index (κ3) is 0.556. The van der Waals surface area contributed by atoms with E-state index in [9.17, 15) is 0 Å². The minimum atomic E-state index is 0. The van der Waals surface area contributed by atoms with Gasteiger partial charge in [0.2, 0.25) is 0 Å². The van der Waals surface area contributed by atoms with E-state index in [-0.39, 0.29) is 1.43 Å². The molecule has 0 radical (unpaired) electrons. The Morgan fingerprint density at radius 3 is 2.14 bits per heavy atom. The average Bonchev–Trinajstić information content (AvgIpc) is 2.41. The van der Waals surface area contributed by atoms with E-state index in [0.717, 1.165) is 0 Å². The van der Waals surface area contributed by atoms with Crippen molar-refractivity contribution in [1.82, 2.24) is 0 Å². The quantitative estimate of drug-likeness (QED) is 0.419. The molecule has 1 aliphatic carbocycles. The molecule has 1 aliphatic heterocycles. The van der Waals surface area contributed by atoms with Crippen LogP contribution in [0.3, 0.4) is 0 Å². The summed E-state index contributed by atoms with van der Waals surface area (Å²) in [7, 11) is 0. The van der Waals surface area contributed by atoms with Crippen molar-refractivity contribution in [2.45, 2.75) is 37.9 Å². The van der Waals surface area contributed by atoms with Gasteiger partial charge in [0.15, 0.2) is 0 Å². The number of epoxide rings is 1. The van der Waals surface area contributed by atoms with E-state index in [1.807, 2.05) is 0 Å². The molecule has 0 amide bonds. The minimum Gasteiger partial charge on any atom is -0.370 e. The Kier molecular flexibility index (Phi) is 0.680. The summed E-state index contributed by atoms with van der Waals surface area (Å²) in [5.74, 6) is 0. The average molecular weight is 99.2 g/mol. The number of fused-ring (bicyclic) bond motifs is 1. The molecular formula is C6H11O+. The van der Waals surface area contributed by atoms with Gasteiger partial charge in [0.05, 0.1) is 12.2 Å². The Morgan fingerprint density at radius 2 is 1.71 bits per heavy atom. The van der Waals surface area contributed by atoms with Crippen LogP contribution in [0.5, 0.6) is 0 Å². The summed E-state index contributed by atoms with van der Waals surface area (Å²) in [6.45, 7) is 0. The van der Waals surface area contributed by atoms with E-state index >= 15 is 0 Å². The molecule has 0 aromatic carbocycles. The van der Waals surface area contributed by atoms with Crippen LogP contribution >= 0.6 is 0 Å². The van der Waals surface area contributed by atoms with Crippen LogP contribution < -0.4 is 0 Å². The molecule has 2 aliphatic rings. The maximum Gasteiger partial charge on any atom is 1.00 e. The number of rotatable bonds is 0. The molecule has 40 valence electrons. The van der Waals surface area contributed by atoms with Crippen LogP contribution in [-0.4, -0.2) is 12.2 Å². The zero-order chi connectivity index (χ0) is 4.69. The van der Waals surface area contributed by atoms with Crippen molar-refractivity contribution in [3.8, 4) is 0 Å². The van der Waals surface area contributed by atoms with Gasteiger partial charge in [-0.25, -0.2) is 0 Å². The first kappa shape index (κ1) is 3.90. The van der Waals surface area contributed by atoms with Gasteiger partial charge < -0.3 is 4.74 Å². The molecule has 2 unspecified atom stereocenters. The maximum absolute atomic E-state index is 5.28. The van der Waals surface area contributed by atoms with Gasteiger partial charge in [-0.1, -0.05) is 12.8 Å². The molecule has 2 fully saturated rings. The highest BCUT2D eigenvalue weighted by atomic mass is 16.6. The van der Waals surface area contributed by atoms with E-state index in [1.54, 1.807) is 0 Å². The van der Waals surface area contributed by atoms with Crippen LogP contribution in [0.25, 0.3) is 0 Å². The zero-order valence-corrected chi connectivity index (χ0v) is 4.39. The highest BCUT2D eigenvalue weighted by molar-refractivity contribution is 4.87. The Bertz CT molecular complexity index is 74.6. The summed E-state index contributed by atoms with van der Waals surface area (Å²) in [6, 6.07) is 0. The van der Waals surface area contributed by atoms with Crippen molar-refractivity contribution in [1.29, 1.82) is 0 Å². The Labute approximate surface area is 45.2 Å². The molecule has 1 heterocycles. The highest BCUT2D eigenvalue weighted by Gasteiger charge is 2.39. The topological polar surface area (TPSA) is 12.5 Å². The van der Waals surface area contributed by atoms with Crippen LogP contribution in [0.4, 0.5) is 0 Å². The lowest BCUT2D eigenvalue weighted by atomic mass is 10.0. The van der Waals surface area contributed by atoms with Gasteiger partial charge in [-0.2, -0.15) is 0 Å². The second-order valence-corrected chi connectivity index (χ2v) is 2.50. The molecule has 1 nitrogen and oxygen atoms in total. The van der Waals surface area contributed by atoms with Crippen LogP contribution in [0, 0.1) is 0 Å². The fourth-order valence-corrected chi connectivity index (χ4v) is 1.38. The second kappa shape index (κ2) is 1.22. The van der Waals surface area contributed by atoms with Crippen LogP contribution in [0.2, 0.25) is 0 Å². The van der Waals surface area contributed by atoms with Crippen molar-refractivity contribution < 1.29 is 6.16 Å². The summed E-state index contributed by atoms with van der Waals surface area (Å²) in [5, 5.41) is 0. The van der Waals surface area contributed by atoms with Crippen LogP contribution in [0.15, 0.2) is 0 Å². The summed E-state index contributed by atoms with van der Waals surface area (Å²) in [5.41, 5.74) is 0. The van der Waals surface area contributed by atoms with Crippen molar-refractivity contribution in [2.24, 2.45) is 0 Å². The van der Waals surface area contributed by atoms with E-state index in [1.165, 1.54) is 25.7 Å². The molecule has 1 heteroatoms. The van der Waals surface area contributed by atoms with E-state index in [4.69, 9.17) is 4.74 Å². The van der Waals surface area contributed by atoms with Gasteiger partial charge in [-0.3, -0.25) is 0 Å². The van der Waals surface area contributed by atoms with E-state index < -0.39 is 0 Å². The predicted molar refractivity (Wildman–Crippen MR) is 28.2 cm³/mol. The lowest BCUT2D eigenvalue weighted by Crippen LogP contribution is -2.00. The number of hydrogen-bond acceptors (Lipinski definition) is 1. The molecular weight excluding hydrogens is 88.1 g/mol. The summed E-state index contributed by atoms with van der Waals surface area (Å²) >= 11 is 0. The predicted octanol–water partition coefficient (Wildman–Crippen LogP) is 1.44. The number of hydrogen-bond donors (Lipinski definition) is 0. The summed E-state index contributed by atoms with van der Waals surface area (Å²) in [6.07, 6.45) is 6.89. The Balaban J connectivity index is 0.000000320.